The Morgan fingerprint density at radius 3 is 2.54 bits per heavy atom. The second-order valence-corrected chi connectivity index (χ2v) is 6.21. The molecule has 2 aromatic heterocycles. The molecule has 0 radical (unpaired) electrons. The third kappa shape index (κ3) is 2.46. The Kier molecular flexibility index (Phi) is 3.61. The molecule has 0 fully saturated rings. The van der Waals surface area contributed by atoms with Crippen LogP contribution in [-0.4, -0.2) is 37.0 Å². The fraction of sp³-hybridized carbons (Fsp3) is 0.222. The van der Waals surface area contributed by atoms with E-state index in [0.29, 0.717) is 17.2 Å². The van der Waals surface area contributed by atoms with Gasteiger partial charge in [0.15, 0.2) is 0 Å². The van der Waals surface area contributed by atoms with Gasteiger partial charge in [-0.15, -0.1) is 5.10 Å². The summed E-state index contributed by atoms with van der Waals surface area (Å²) in [5, 5.41) is 9.74. The quantitative estimate of drug-likeness (QED) is 0.533. The maximum atomic E-state index is 12.9. The van der Waals surface area contributed by atoms with Crippen LogP contribution in [-0.2, 0) is 4.79 Å². The minimum absolute atomic E-state index is 0.0333. The Morgan fingerprint density at radius 1 is 1.08 bits per heavy atom. The third-order valence-electron chi connectivity index (χ3n) is 4.23. The molecule has 0 saturated heterocycles. The number of carbonyl (C=O) groups excluding carboxylic acids is 2. The smallest absolute Gasteiger partial charge is 0.264 e. The molecule has 8 nitrogen and oxygen atoms in total. The number of benzene rings is 1. The molecule has 0 saturated carbocycles. The van der Waals surface area contributed by atoms with Crippen molar-refractivity contribution < 1.29 is 9.59 Å². The van der Waals surface area contributed by atoms with E-state index in [-0.39, 0.29) is 5.82 Å². The van der Waals surface area contributed by atoms with Crippen molar-refractivity contribution in [2.75, 3.05) is 5.01 Å². The van der Waals surface area contributed by atoms with Gasteiger partial charge in [-0.2, -0.15) is 15.1 Å². The van der Waals surface area contributed by atoms with Crippen LogP contribution in [0.1, 0.15) is 28.9 Å². The van der Waals surface area contributed by atoms with Gasteiger partial charge in [-0.05, 0) is 39.0 Å². The number of Topliss-reactive ketones (excluding diaryl/α,β-unsaturated/α-hetero) is 1. The van der Waals surface area contributed by atoms with E-state index in [1.165, 1.54) is 9.52 Å². The molecule has 130 valence electrons. The van der Waals surface area contributed by atoms with Gasteiger partial charge in [0, 0.05) is 11.4 Å². The van der Waals surface area contributed by atoms with Crippen LogP contribution in [0.3, 0.4) is 0 Å². The summed E-state index contributed by atoms with van der Waals surface area (Å²) in [7, 11) is 0. The third-order valence-corrected chi connectivity index (χ3v) is 4.23. The van der Waals surface area contributed by atoms with E-state index < -0.39 is 17.6 Å². The van der Waals surface area contributed by atoms with E-state index in [1.54, 1.807) is 19.1 Å². The van der Waals surface area contributed by atoms with E-state index in [1.807, 2.05) is 38.1 Å². The van der Waals surface area contributed by atoms with Crippen molar-refractivity contribution in [1.29, 1.82) is 0 Å². The van der Waals surface area contributed by atoms with Crippen LogP contribution in [0.2, 0.25) is 0 Å². The first-order chi connectivity index (χ1) is 12.5. The summed E-state index contributed by atoms with van der Waals surface area (Å²) < 4.78 is 1.50. The van der Waals surface area contributed by atoms with Crippen molar-refractivity contribution in [3.05, 3.63) is 53.6 Å². The van der Waals surface area contributed by atoms with Crippen molar-refractivity contribution in [3.63, 3.8) is 0 Å². The molecule has 1 atom stereocenters. The topological polar surface area (TPSA) is 92.8 Å². The van der Waals surface area contributed by atoms with Crippen molar-refractivity contribution in [2.24, 2.45) is 11.0 Å². The molecule has 1 aromatic carbocycles. The van der Waals surface area contributed by atoms with Gasteiger partial charge in [-0.25, -0.2) is 9.50 Å². The number of aromatic nitrogens is 4. The highest BCUT2D eigenvalue weighted by atomic mass is 16.2. The number of nitrogens with zero attached hydrogens (tertiary/aromatic N) is 6. The maximum Gasteiger partial charge on any atom is 0.264 e. The molecule has 8 heteroatoms. The van der Waals surface area contributed by atoms with Gasteiger partial charge in [-0.1, -0.05) is 18.2 Å². The molecule has 4 rings (SSSR count). The predicted molar refractivity (Wildman–Crippen MR) is 95.1 cm³/mol. The molecule has 0 N–H and O–H groups in total. The molecule has 0 spiro atoms. The SMILES string of the molecule is CC1=NN(c2ccccc2)C(=O)[C@@H]1C(=O)c1nc2nc(C)cc(C)n2n1. The summed E-state index contributed by atoms with van der Waals surface area (Å²) in [6, 6.07) is 10.8. The summed E-state index contributed by atoms with van der Waals surface area (Å²) in [4.78, 5) is 34.2. The molecular weight excluding hydrogens is 332 g/mol. The highest BCUT2D eigenvalue weighted by Crippen LogP contribution is 2.25. The van der Waals surface area contributed by atoms with E-state index in [9.17, 15) is 9.59 Å². The van der Waals surface area contributed by atoms with Crippen LogP contribution in [0, 0.1) is 19.8 Å². The first-order valence-corrected chi connectivity index (χ1v) is 8.15. The Labute approximate surface area is 149 Å². The zero-order chi connectivity index (χ0) is 18.4. The maximum absolute atomic E-state index is 12.9. The lowest BCUT2D eigenvalue weighted by Crippen LogP contribution is -2.33. The van der Waals surface area contributed by atoms with Crippen LogP contribution in [0.15, 0.2) is 41.5 Å². The highest BCUT2D eigenvalue weighted by molar-refractivity contribution is 6.29. The fourth-order valence-corrected chi connectivity index (χ4v) is 3.02. The molecule has 0 aliphatic carbocycles. The molecule has 3 heterocycles. The fourth-order valence-electron chi connectivity index (χ4n) is 3.02. The van der Waals surface area contributed by atoms with E-state index >= 15 is 0 Å². The van der Waals surface area contributed by atoms with Gasteiger partial charge >= 0.3 is 0 Å². The highest BCUT2D eigenvalue weighted by Gasteiger charge is 2.41. The molecule has 0 bridgehead atoms. The molecule has 1 aliphatic heterocycles. The number of ketones is 1. The van der Waals surface area contributed by atoms with Crippen molar-refractivity contribution in [2.45, 2.75) is 20.8 Å². The van der Waals surface area contributed by atoms with E-state index in [4.69, 9.17) is 0 Å². The number of hydrogen-bond acceptors (Lipinski definition) is 6. The number of aryl methyl sites for hydroxylation is 2. The number of anilines is 1. The Bertz CT molecular complexity index is 1070. The van der Waals surface area contributed by atoms with Gasteiger partial charge in [0.2, 0.25) is 11.6 Å². The first kappa shape index (κ1) is 16.1. The normalized spacial score (nSPS) is 17.0. The van der Waals surface area contributed by atoms with E-state index in [2.05, 4.69) is 20.2 Å². The molecular formula is C18H16N6O2. The molecule has 1 amide bonds. The average molecular weight is 348 g/mol. The molecule has 1 aliphatic rings. The standard InChI is InChI=1S/C18H16N6O2/c1-10-9-11(2)23-18(19-10)20-16(22-23)15(25)14-12(3)21-24(17(14)26)13-7-5-4-6-8-13/h4-9,14H,1-3H3/t14-/m0/s1. The Morgan fingerprint density at radius 2 is 1.81 bits per heavy atom. The van der Waals surface area contributed by atoms with Gasteiger partial charge in [0.05, 0.1) is 11.4 Å². The number of hydrogen-bond donors (Lipinski definition) is 0. The number of hydrazone groups is 1. The summed E-state index contributed by atoms with van der Waals surface area (Å²) in [5.74, 6) is -1.59. The zero-order valence-electron chi connectivity index (χ0n) is 14.5. The minimum Gasteiger partial charge on any atom is -0.289 e. The number of rotatable bonds is 3. The van der Waals surface area contributed by atoms with Crippen molar-refractivity contribution in [3.8, 4) is 0 Å². The number of fused-ring (bicyclic) bond motifs is 1. The lowest BCUT2D eigenvalue weighted by Gasteiger charge is -2.12. The molecule has 0 unspecified atom stereocenters. The van der Waals surface area contributed by atoms with Gasteiger partial charge in [0.25, 0.3) is 11.7 Å². The monoisotopic (exact) mass is 348 g/mol. The lowest BCUT2D eigenvalue weighted by molar-refractivity contribution is -0.118. The zero-order valence-corrected chi connectivity index (χ0v) is 14.5. The van der Waals surface area contributed by atoms with Gasteiger partial charge < -0.3 is 0 Å². The summed E-state index contributed by atoms with van der Waals surface area (Å²) in [6.45, 7) is 5.36. The van der Waals surface area contributed by atoms with Crippen LogP contribution >= 0.6 is 0 Å². The largest absolute Gasteiger partial charge is 0.289 e. The minimum atomic E-state index is -1.02. The Balaban J connectivity index is 1.70. The van der Waals surface area contributed by atoms with Gasteiger partial charge in [-0.3, -0.25) is 9.59 Å². The van der Waals surface area contributed by atoms with Crippen LogP contribution in [0.5, 0.6) is 0 Å². The second-order valence-electron chi connectivity index (χ2n) is 6.21. The summed E-state index contributed by atoms with van der Waals surface area (Å²) in [5.41, 5.74) is 2.63. The average Bonchev–Trinajstić information content (AvgIpc) is 3.16. The van der Waals surface area contributed by atoms with Crippen LogP contribution in [0.4, 0.5) is 5.69 Å². The van der Waals surface area contributed by atoms with Crippen LogP contribution in [0.25, 0.3) is 5.78 Å². The summed E-state index contributed by atoms with van der Waals surface area (Å²) in [6.07, 6.45) is 0. The summed E-state index contributed by atoms with van der Waals surface area (Å²) >= 11 is 0. The van der Waals surface area contributed by atoms with Gasteiger partial charge in [0.1, 0.15) is 5.92 Å². The number of para-hydroxylation sites is 1. The number of carbonyl (C=O) groups is 2. The molecule has 3 aromatic rings. The lowest BCUT2D eigenvalue weighted by atomic mass is 9.98. The van der Waals surface area contributed by atoms with Crippen molar-refractivity contribution in [1.82, 2.24) is 19.6 Å². The first-order valence-electron chi connectivity index (χ1n) is 8.15. The predicted octanol–water partition coefficient (Wildman–Crippen LogP) is 1.96. The van der Waals surface area contributed by atoms with Crippen LogP contribution < -0.4 is 5.01 Å². The second kappa shape index (κ2) is 5.83. The Hall–Kier alpha value is -3.42. The molecule has 26 heavy (non-hydrogen) atoms. The number of amides is 1. The van der Waals surface area contributed by atoms with Crippen molar-refractivity contribution >= 4 is 28.9 Å². The van der Waals surface area contributed by atoms with E-state index in [0.717, 1.165) is 11.4 Å².